The van der Waals surface area contributed by atoms with Crippen LogP contribution in [0.4, 0.5) is 0 Å². The minimum Gasteiger partial charge on any atom is -0.449 e. The highest BCUT2D eigenvalue weighted by Crippen LogP contribution is 2.21. The van der Waals surface area contributed by atoms with E-state index in [1.165, 1.54) is 10.9 Å². The molecule has 2 rings (SSSR count). The number of amides is 1. The van der Waals surface area contributed by atoms with E-state index in [0.29, 0.717) is 5.56 Å². The highest BCUT2D eigenvalue weighted by Gasteiger charge is 2.30. The monoisotopic (exact) mass is 293 g/mol. The molecule has 0 aliphatic carbocycles. The summed E-state index contributed by atoms with van der Waals surface area (Å²) < 4.78 is 6.80. The van der Waals surface area contributed by atoms with Gasteiger partial charge in [0.25, 0.3) is 5.91 Å². The van der Waals surface area contributed by atoms with Crippen molar-refractivity contribution in [2.24, 2.45) is 7.05 Å². The summed E-state index contributed by atoms with van der Waals surface area (Å²) in [7, 11) is 1.73. The first kappa shape index (κ1) is 15.5. The average molecular weight is 293 g/mol. The lowest BCUT2D eigenvalue weighted by molar-refractivity contribution is -0.143. The number of rotatable bonds is 4. The topological polar surface area (TPSA) is 64.4 Å². The molecule has 1 saturated heterocycles. The van der Waals surface area contributed by atoms with Crippen LogP contribution in [0.1, 0.15) is 49.9 Å². The first-order valence-electron chi connectivity index (χ1n) is 7.53. The van der Waals surface area contributed by atoms with E-state index in [1.807, 2.05) is 4.90 Å². The van der Waals surface area contributed by atoms with Gasteiger partial charge in [0.05, 0.1) is 11.8 Å². The van der Waals surface area contributed by atoms with Gasteiger partial charge in [0.2, 0.25) is 0 Å². The van der Waals surface area contributed by atoms with Gasteiger partial charge in [-0.25, -0.2) is 4.79 Å². The van der Waals surface area contributed by atoms with Gasteiger partial charge in [-0.2, -0.15) is 5.10 Å². The predicted octanol–water partition coefficient (Wildman–Crippen LogP) is 1.76. The minimum absolute atomic E-state index is 0.0983. The highest BCUT2D eigenvalue weighted by molar-refractivity contribution is 5.91. The maximum Gasteiger partial charge on any atom is 0.342 e. The molecule has 116 valence electrons. The van der Waals surface area contributed by atoms with Crippen LogP contribution >= 0.6 is 0 Å². The van der Waals surface area contributed by atoms with Crippen molar-refractivity contribution in [2.45, 2.75) is 51.7 Å². The zero-order valence-electron chi connectivity index (χ0n) is 12.9. The lowest BCUT2D eigenvalue weighted by Gasteiger charge is -2.36. The molecule has 1 aromatic rings. The molecular formula is C15H23N3O3. The zero-order chi connectivity index (χ0) is 15.4. The van der Waals surface area contributed by atoms with Crippen molar-refractivity contribution in [1.82, 2.24) is 14.7 Å². The molecule has 0 saturated carbocycles. The van der Waals surface area contributed by atoms with Gasteiger partial charge in [-0.05, 0) is 32.6 Å². The van der Waals surface area contributed by atoms with Crippen LogP contribution in [0.15, 0.2) is 12.4 Å². The van der Waals surface area contributed by atoms with E-state index >= 15 is 0 Å². The molecule has 1 amide bonds. The van der Waals surface area contributed by atoms with Crippen LogP contribution in [0.25, 0.3) is 0 Å². The molecule has 21 heavy (non-hydrogen) atoms. The Balaban J connectivity index is 1.97. The Morgan fingerprint density at radius 3 is 2.86 bits per heavy atom. The molecule has 0 aromatic carbocycles. The number of aryl methyl sites for hydroxylation is 1. The lowest BCUT2D eigenvalue weighted by atomic mass is 9.99. The largest absolute Gasteiger partial charge is 0.449 e. The van der Waals surface area contributed by atoms with Crippen LogP contribution in [-0.4, -0.2) is 45.2 Å². The normalized spacial score (nSPS) is 20.1. The third-order valence-corrected chi connectivity index (χ3v) is 3.95. The van der Waals surface area contributed by atoms with Crippen molar-refractivity contribution in [2.75, 3.05) is 6.54 Å². The summed E-state index contributed by atoms with van der Waals surface area (Å²) >= 11 is 0. The Morgan fingerprint density at radius 1 is 1.48 bits per heavy atom. The lowest BCUT2D eigenvalue weighted by Crippen LogP contribution is -2.48. The van der Waals surface area contributed by atoms with Gasteiger partial charge in [0, 0.05) is 25.8 Å². The number of hydrogen-bond acceptors (Lipinski definition) is 4. The number of likely N-dealkylation sites (tertiary alicyclic amines) is 1. The fourth-order valence-corrected chi connectivity index (χ4v) is 2.75. The van der Waals surface area contributed by atoms with Crippen LogP contribution in [0.2, 0.25) is 0 Å². The summed E-state index contributed by atoms with van der Waals surface area (Å²) in [5.41, 5.74) is 0.364. The van der Waals surface area contributed by atoms with Gasteiger partial charge in [-0.1, -0.05) is 6.92 Å². The molecule has 6 nitrogen and oxygen atoms in total. The second-order valence-corrected chi connectivity index (χ2v) is 5.54. The zero-order valence-corrected chi connectivity index (χ0v) is 12.9. The number of esters is 1. The van der Waals surface area contributed by atoms with Crippen molar-refractivity contribution in [3.8, 4) is 0 Å². The van der Waals surface area contributed by atoms with Crippen LogP contribution < -0.4 is 0 Å². The van der Waals surface area contributed by atoms with Crippen LogP contribution in [0.5, 0.6) is 0 Å². The standard InChI is InChI=1S/C15H23N3O3/c1-4-13-7-5-6-8-18(13)14(19)11(2)21-15(20)12-9-16-17(3)10-12/h9-11,13H,4-8H2,1-3H3. The Bertz CT molecular complexity index is 512. The molecule has 6 heteroatoms. The minimum atomic E-state index is -0.759. The molecule has 0 N–H and O–H groups in total. The second kappa shape index (κ2) is 6.74. The third kappa shape index (κ3) is 3.62. The summed E-state index contributed by atoms with van der Waals surface area (Å²) in [4.78, 5) is 26.3. The van der Waals surface area contributed by atoms with E-state index in [0.717, 1.165) is 32.2 Å². The molecule has 1 fully saturated rings. The Hall–Kier alpha value is -1.85. The molecule has 0 radical (unpaired) electrons. The quantitative estimate of drug-likeness (QED) is 0.793. The van der Waals surface area contributed by atoms with Crippen molar-refractivity contribution in [3.63, 3.8) is 0 Å². The molecule has 2 atom stereocenters. The highest BCUT2D eigenvalue weighted by atomic mass is 16.5. The van der Waals surface area contributed by atoms with Gasteiger partial charge >= 0.3 is 5.97 Å². The number of carbonyl (C=O) groups excluding carboxylic acids is 2. The number of carbonyl (C=O) groups is 2. The maximum atomic E-state index is 12.5. The Labute approximate surface area is 125 Å². The predicted molar refractivity (Wildman–Crippen MR) is 77.7 cm³/mol. The molecule has 1 aliphatic heterocycles. The third-order valence-electron chi connectivity index (χ3n) is 3.95. The molecule has 1 aromatic heterocycles. The molecule has 2 heterocycles. The van der Waals surface area contributed by atoms with Gasteiger partial charge in [-0.3, -0.25) is 9.48 Å². The summed E-state index contributed by atoms with van der Waals surface area (Å²) in [5.74, 6) is -0.604. The van der Waals surface area contributed by atoms with Crippen molar-refractivity contribution in [1.29, 1.82) is 0 Å². The molecular weight excluding hydrogens is 270 g/mol. The van der Waals surface area contributed by atoms with E-state index < -0.39 is 12.1 Å². The van der Waals surface area contributed by atoms with Crippen LogP contribution in [0.3, 0.4) is 0 Å². The van der Waals surface area contributed by atoms with Gasteiger partial charge < -0.3 is 9.64 Å². The van der Waals surface area contributed by atoms with E-state index in [9.17, 15) is 9.59 Å². The van der Waals surface area contributed by atoms with Crippen molar-refractivity contribution < 1.29 is 14.3 Å². The summed E-state index contributed by atoms with van der Waals surface area (Å²) in [6.45, 7) is 4.48. The van der Waals surface area contributed by atoms with Crippen molar-refractivity contribution >= 4 is 11.9 Å². The van der Waals surface area contributed by atoms with Crippen LogP contribution in [-0.2, 0) is 16.6 Å². The van der Waals surface area contributed by atoms with Crippen LogP contribution in [0, 0.1) is 0 Å². The smallest absolute Gasteiger partial charge is 0.342 e. The Morgan fingerprint density at radius 2 is 2.24 bits per heavy atom. The van der Waals surface area contributed by atoms with E-state index in [-0.39, 0.29) is 11.9 Å². The van der Waals surface area contributed by atoms with Gasteiger partial charge in [0.15, 0.2) is 6.10 Å². The van der Waals surface area contributed by atoms with E-state index in [1.54, 1.807) is 20.2 Å². The van der Waals surface area contributed by atoms with E-state index in [4.69, 9.17) is 4.74 Å². The maximum absolute atomic E-state index is 12.5. The second-order valence-electron chi connectivity index (χ2n) is 5.54. The summed E-state index contributed by atoms with van der Waals surface area (Å²) in [5, 5.41) is 3.93. The summed E-state index contributed by atoms with van der Waals surface area (Å²) in [6, 6.07) is 0.269. The molecule has 0 bridgehead atoms. The fourth-order valence-electron chi connectivity index (χ4n) is 2.75. The number of ether oxygens (including phenoxy) is 1. The van der Waals surface area contributed by atoms with Crippen molar-refractivity contribution in [3.05, 3.63) is 18.0 Å². The van der Waals surface area contributed by atoms with E-state index in [2.05, 4.69) is 12.0 Å². The summed E-state index contributed by atoms with van der Waals surface area (Å²) in [6.07, 6.45) is 6.41. The Kier molecular flexibility index (Phi) is 4.98. The first-order valence-corrected chi connectivity index (χ1v) is 7.53. The number of nitrogens with zero attached hydrogens (tertiary/aromatic N) is 3. The molecule has 0 spiro atoms. The average Bonchev–Trinajstić information content (AvgIpc) is 2.93. The molecule has 2 unspecified atom stereocenters. The number of aromatic nitrogens is 2. The molecule has 1 aliphatic rings. The van der Waals surface area contributed by atoms with Gasteiger partial charge in [0.1, 0.15) is 0 Å². The fraction of sp³-hybridized carbons (Fsp3) is 0.667. The SMILES string of the molecule is CCC1CCCCN1C(=O)C(C)OC(=O)c1cnn(C)c1. The first-order chi connectivity index (χ1) is 10.0. The number of piperidine rings is 1. The number of hydrogen-bond donors (Lipinski definition) is 0. The van der Waals surface area contributed by atoms with Gasteiger partial charge in [-0.15, -0.1) is 0 Å².